The van der Waals surface area contributed by atoms with Crippen molar-refractivity contribution in [2.24, 2.45) is 0 Å². The van der Waals surface area contributed by atoms with Crippen molar-refractivity contribution in [2.45, 2.75) is 6.61 Å². The molecule has 0 unspecified atom stereocenters. The summed E-state index contributed by atoms with van der Waals surface area (Å²) in [5, 5.41) is 13.1. The van der Waals surface area contributed by atoms with Gasteiger partial charge in [0.1, 0.15) is 0 Å². The van der Waals surface area contributed by atoms with Gasteiger partial charge in [-0.25, -0.2) is 4.68 Å². The Kier molecular flexibility index (Phi) is 3.23. The van der Waals surface area contributed by atoms with Crippen LogP contribution in [0.25, 0.3) is 5.69 Å². The minimum atomic E-state index is -0.0405. The molecule has 0 atom stereocenters. The number of hydrogen-bond donors (Lipinski definition) is 1. The molecule has 2 rings (SSSR count). The topological polar surface area (TPSA) is 38.0 Å². The van der Waals surface area contributed by atoms with Gasteiger partial charge < -0.3 is 5.11 Å². The smallest absolute Gasteiger partial charge is 0.0883 e. The minimum absolute atomic E-state index is 0.0405. The Bertz CT molecular complexity index is 482. The van der Waals surface area contributed by atoms with Gasteiger partial charge in [0.15, 0.2) is 0 Å². The van der Waals surface area contributed by atoms with Crippen molar-refractivity contribution in [3.8, 4) is 5.69 Å². The van der Waals surface area contributed by atoms with Crippen LogP contribution in [-0.4, -0.2) is 14.9 Å². The van der Waals surface area contributed by atoms with E-state index in [9.17, 15) is 0 Å². The molecule has 78 valence electrons. The SMILES string of the molecule is OCc1ccn(-c2ccc(Br)cc2Br)n1. The summed E-state index contributed by atoms with van der Waals surface area (Å²) in [7, 11) is 0. The normalized spacial score (nSPS) is 10.6. The third-order valence-electron chi connectivity index (χ3n) is 1.96. The lowest BCUT2D eigenvalue weighted by atomic mass is 10.3. The molecule has 0 aliphatic heterocycles. The van der Waals surface area contributed by atoms with Gasteiger partial charge in [-0.1, -0.05) is 15.9 Å². The van der Waals surface area contributed by atoms with E-state index in [0.29, 0.717) is 5.69 Å². The Hall–Kier alpha value is -0.650. The Labute approximate surface area is 104 Å². The molecule has 0 saturated heterocycles. The molecule has 5 heteroatoms. The van der Waals surface area contributed by atoms with Crippen molar-refractivity contribution in [3.63, 3.8) is 0 Å². The average Bonchev–Trinajstić information content (AvgIpc) is 2.66. The van der Waals surface area contributed by atoms with Crippen LogP contribution in [0.1, 0.15) is 5.69 Å². The lowest BCUT2D eigenvalue weighted by Crippen LogP contribution is -1.97. The predicted octanol–water partition coefficient (Wildman–Crippen LogP) is 2.89. The van der Waals surface area contributed by atoms with Crippen molar-refractivity contribution in [2.75, 3.05) is 0 Å². The van der Waals surface area contributed by atoms with Crippen molar-refractivity contribution < 1.29 is 5.11 Å². The summed E-state index contributed by atoms with van der Waals surface area (Å²) < 4.78 is 3.68. The van der Waals surface area contributed by atoms with Crippen LogP contribution in [0.2, 0.25) is 0 Å². The number of nitrogens with zero attached hydrogens (tertiary/aromatic N) is 2. The molecular weight excluding hydrogens is 324 g/mol. The van der Waals surface area contributed by atoms with E-state index in [2.05, 4.69) is 37.0 Å². The molecular formula is C10H8Br2N2O. The summed E-state index contributed by atoms with van der Waals surface area (Å²) in [6, 6.07) is 7.63. The number of aliphatic hydroxyl groups is 1. The maximum atomic E-state index is 8.92. The van der Waals surface area contributed by atoms with E-state index in [-0.39, 0.29) is 6.61 Å². The van der Waals surface area contributed by atoms with E-state index in [1.165, 1.54) is 0 Å². The van der Waals surface area contributed by atoms with Crippen molar-refractivity contribution in [1.82, 2.24) is 9.78 Å². The van der Waals surface area contributed by atoms with Crippen molar-refractivity contribution >= 4 is 31.9 Å². The second kappa shape index (κ2) is 4.47. The zero-order chi connectivity index (χ0) is 10.8. The quantitative estimate of drug-likeness (QED) is 0.918. The zero-order valence-electron chi connectivity index (χ0n) is 7.69. The molecule has 1 N–H and O–H groups in total. The third-order valence-corrected chi connectivity index (χ3v) is 3.09. The van der Waals surface area contributed by atoms with Crippen LogP contribution in [0.3, 0.4) is 0 Å². The van der Waals surface area contributed by atoms with Gasteiger partial charge >= 0.3 is 0 Å². The summed E-state index contributed by atoms with van der Waals surface area (Å²) in [5.74, 6) is 0. The molecule has 0 radical (unpaired) electrons. The van der Waals surface area contributed by atoms with E-state index in [0.717, 1.165) is 14.6 Å². The summed E-state index contributed by atoms with van der Waals surface area (Å²) >= 11 is 6.85. The van der Waals surface area contributed by atoms with Gasteiger partial charge in [0.05, 0.1) is 18.0 Å². The first kappa shape index (κ1) is 10.9. The van der Waals surface area contributed by atoms with E-state index in [1.54, 1.807) is 10.7 Å². The van der Waals surface area contributed by atoms with Gasteiger partial charge in [-0.05, 0) is 40.2 Å². The Morgan fingerprint density at radius 1 is 1.27 bits per heavy atom. The van der Waals surface area contributed by atoms with Crippen LogP contribution in [0, 0.1) is 0 Å². The highest BCUT2D eigenvalue weighted by molar-refractivity contribution is 9.11. The number of hydrogen-bond acceptors (Lipinski definition) is 2. The van der Waals surface area contributed by atoms with E-state index < -0.39 is 0 Å². The number of rotatable bonds is 2. The fraction of sp³-hybridized carbons (Fsp3) is 0.100. The molecule has 0 aliphatic carbocycles. The molecule has 15 heavy (non-hydrogen) atoms. The highest BCUT2D eigenvalue weighted by atomic mass is 79.9. The number of halogens is 2. The van der Waals surface area contributed by atoms with Crippen LogP contribution < -0.4 is 0 Å². The first-order chi connectivity index (χ1) is 7.20. The zero-order valence-corrected chi connectivity index (χ0v) is 10.9. The number of benzene rings is 1. The Morgan fingerprint density at radius 2 is 2.07 bits per heavy atom. The fourth-order valence-electron chi connectivity index (χ4n) is 1.25. The maximum Gasteiger partial charge on any atom is 0.0883 e. The molecule has 0 fully saturated rings. The summed E-state index contributed by atoms with van der Waals surface area (Å²) in [5.41, 5.74) is 1.60. The molecule has 0 aliphatic rings. The van der Waals surface area contributed by atoms with Gasteiger partial charge in [-0.3, -0.25) is 0 Å². The molecule has 3 nitrogen and oxygen atoms in total. The van der Waals surface area contributed by atoms with Crippen LogP contribution in [0.5, 0.6) is 0 Å². The minimum Gasteiger partial charge on any atom is -0.390 e. The number of aromatic nitrogens is 2. The highest BCUT2D eigenvalue weighted by Crippen LogP contribution is 2.24. The fourth-order valence-corrected chi connectivity index (χ4v) is 2.48. The monoisotopic (exact) mass is 330 g/mol. The molecule has 0 spiro atoms. The lowest BCUT2D eigenvalue weighted by Gasteiger charge is -2.04. The second-order valence-electron chi connectivity index (χ2n) is 3.01. The average molecular weight is 332 g/mol. The third kappa shape index (κ3) is 2.30. The van der Waals surface area contributed by atoms with Gasteiger partial charge in [0.2, 0.25) is 0 Å². The molecule has 0 bridgehead atoms. The standard InChI is InChI=1S/C10H8Br2N2O/c11-7-1-2-10(9(12)5-7)14-4-3-8(6-15)13-14/h1-5,15H,6H2. The van der Waals surface area contributed by atoms with Gasteiger partial charge in [0.25, 0.3) is 0 Å². The predicted molar refractivity (Wildman–Crippen MR) is 64.9 cm³/mol. The molecule has 2 aromatic rings. The van der Waals surface area contributed by atoms with Crippen LogP contribution in [-0.2, 0) is 6.61 Å². The largest absolute Gasteiger partial charge is 0.390 e. The van der Waals surface area contributed by atoms with Gasteiger partial charge in [-0.2, -0.15) is 5.10 Å². The first-order valence-electron chi connectivity index (χ1n) is 4.31. The first-order valence-corrected chi connectivity index (χ1v) is 5.90. The molecule has 1 heterocycles. The summed E-state index contributed by atoms with van der Waals surface area (Å²) in [4.78, 5) is 0. The van der Waals surface area contributed by atoms with Gasteiger partial charge in [-0.15, -0.1) is 0 Å². The maximum absolute atomic E-state index is 8.92. The molecule has 1 aromatic heterocycles. The summed E-state index contributed by atoms with van der Waals surface area (Å²) in [6.45, 7) is -0.0405. The van der Waals surface area contributed by atoms with Gasteiger partial charge in [0, 0.05) is 15.1 Å². The number of aliphatic hydroxyl groups excluding tert-OH is 1. The second-order valence-corrected chi connectivity index (χ2v) is 4.78. The molecule has 0 saturated carbocycles. The van der Waals surface area contributed by atoms with E-state index in [4.69, 9.17) is 5.11 Å². The highest BCUT2D eigenvalue weighted by Gasteiger charge is 2.04. The van der Waals surface area contributed by atoms with Crippen LogP contribution in [0.4, 0.5) is 0 Å². The van der Waals surface area contributed by atoms with Crippen molar-refractivity contribution in [3.05, 3.63) is 45.1 Å². The molecule has 0 amide bonds. The molecule has 1 aromatic carbocycles. The van der Waals surface area contributed by atoms with Crippen LogP contribution >= 0.6 is 31.9 Å². The Morgan fingerprint density at radius 3 is 2.67 bits per heavy atom. The summed E-state index contributed by atoms with van der Waals surface area (Å²) in [6.07, 6.45) is 1.82. The lowest BCUT2D eigenvalue weighted by molar-refractivity contribution is 0.276. The van der Waals surface area contributed by atoms with E-state index in [1.807, 2.05) is 24.4 Å². The van der Waals surface area contributed by atoms with Crippen molar-refractivity contribution in [1.29, 1.82) is 0 Å². The Balaban J connectivity index is 2.44. The van der Waals surface area contributed by atoms with Crippen LogP contribution in [0.15, 0.2) is 39.4 Å². The van der Waals surface area contributed by atoms with E-state index >= 15 is 0 Å².